The Bertz CT molecular complexity index is 998. The molecule has 9 heteroatoms. The van der Waals surface area contributed by atoms with Crippen LogP contribution in [0.25, 0.3) is 10.9 Å². The summed E-state index contributed by atoms with van der Waals surface area (Å²) in [5.74, 6) is -0.347. The molecule has 2 aliphatic rings. The molecule has 2 saturated heterocycles. The van der Waals surface area contributed by atoms with Gasteiger partial charge in [-0.1, -0.05) is 6.42 Å². The molecular formula is C20H27FN4O3S. The molecule has 29 heavy (non-hydrogen) atoms. The third kappa shape index (κ3) is 3.78. The molecule has 1 aromatic carbocycles. The van der Waals surface area contributed by atoms with Gasteiger partial charge in [-0.15, -0.1) is 0 Å². The highest BCUT2D eigenvalue weighted by atomic mass is 32.2. The fourth-order valence-electron chi connectivity index (χ4n) is 4.61. The Balaban J connectivity index is 1.49. The Morgan fingerprint density at radius 2 is 1.93 bits per heavy atom. The first-order valence-corrected chi connectivity index (χ1v) is 11.6. The molecule has 4 rings (SSSR count). The van der Waals surface area contributed by atoms with E-state index in [1.165, 1.54) is 27.8 Å². The molecular weight excluding hydrogens is 395 g/mol. The van der Waals surface area contributed by atoms with Crippen LogP contribution in [0.3, 0.4) is 0 Å². The van der Waals surface area contributed by atoms with E-state index in [2.05, 4.69) is 10.3 Å². The van der Waals surface area contributed by atoms with Gasteiger partial charge in [-0.3, -0.25) is 4.79 Å². The Morgan fingerprint density at radius 1 is 1.17 bits per heavy atom. The van der Waals surface area contributed by atoms with Gasteiger partial charge in [-0.2, -0.15) is 17.0 Å². The third-order valence-electron chi connectivity index (χ3n) is 6.19. The van der Waals surface area contributed by atoms with Crippen molar-refractivity contribution in [2.45, 2.75) is 44.1 Å². The minimum Gasteiger partial charge on any atom is -0.361 e. The lowest BCUT2D eigenvalue weighted by Gasteiger charge is -2.39. The van der Waals surface area contributed by atoms with Crippen molar-refractivity contribution in [2.75, 3.05) is 26.7 Å². The molecule has 7 nitrogen and oxygen atoms in total. The zero-order valence-corrected chi connectivity index (χ0v) is 17.3. The highest BCUT2D eigenvalue weighted by Gasteiger charge is 2.41. The molecule has 2 aliphatic heterocycles. The van der Waals surface area contributed by atoms with Crippen LogP contribution in [0.15, 0.2) is 24.4 Å². The molecule has 2 fully saturated rings. The van der Waals surface area contributed by atoms with Crippen LogP contribution in [-0.2, 0) is 15.0 Å². The summed E-state index contributed by atoms with van der Waals surface area (Å²) in [6.45, 7) is 1.17. The zero-order valence-electron chi connectivity index (χ0n) is 16.5. The maximum atomic E-state index is 13.7. The van der Waals surface area contributed by atoms with E-state index in [1.807, 2.05) is 6.20 Å². The zero-order chi connectivity index (χ0) is 20.6. The van der Waals surface area contributed by atoms with E-state index in [0.29, 0.717) is 38.9 Å². The van der Waals surface area contributed by atoms with Gasteiger partial charge in [0.2, 0.25) is 5.91 Å². The van der Waals surface area contributed by atoms with Gasteiger partial charge < -0.3 is 10.3 Å². The van der Waals surface area contributed by atoms with Crippen LogP contribution in [0, 0.1) is 5.82 Å². The van der Waals surface area contributed by atoms with Gasteiger partial charge >= 0.3 is 0 Å². The standard InChI is InChI=1S/C20H27FN4O3S/c1-22-20(26)19-4-2-3-9-25(19)29(27,28)24-10-7-14(8-11-24)17-13-23-18-6-5-15(21)12-16(17)18/h5-6,12-14,19,23H,2-4,7-11H2,1H3,(H,22,26)/t19-/m1/s1. The first-order valence-electron chi connectivity index (χ1n) is 10.2. The predicted octanol–water partition coefficient (Wildman–Crippen LogP) is 2.33. The SMILES string of the molecule is CNC(=O)[C@H]1CCCCN1S(=O)(=O)N1CCC(c2c[nH]c3ccc(F)cc23)CC1. The Labute approximate surface area is 170 Å². The molecule has 158 valence electrons. The largest absolute Gasteiger partial charge is 0.361 e. The van der Waals surface area contributed by atoms with E-state index in [9.17, 15) is 17.6 Å². The Hall–Kier alpha value is -1.97. The van der Waals surface area contributed by atoms with E-state index in [4.69, 9.17) is 0 Å². The number of aromatic nitrogens is 1. The molecule has 1 atom stereocenters. The number of nitrogens with zero attached hydrogens (tertiary/aromatic N) is 2. The van der Waals surface area contributed by atoms with Gasteiger partial charge in [0.05, 0.1) is 0 Å². The first-order chi connectivity index (χ1) is 13.9. The number of piperidine rings is 2. The minimum absolute atomic E-state index is 0.174. The quantitative estimate of drug-likeness (QED) is 0.793. The fourth-order valence-corrected chi connectivity index (χ4v) is 6.46. The third-order valence-corrected chi connectivity index (χ3v) is 8.24. The van der Waals surface area contributed by atoms with Crippen molar-refractivity contribution in [3.63, 3.8) is 0 Å². The van der Waals surface area contributed by atoms with Crippen LogP contribution in [0.2, 0.25) is 0 Å². The lowest BCUT2D eigenvalue weighted by molar-refractivity contribution is -0.125. The molecule has 2 aromatic rings. The van der Waals surface area contributed by atoms with E-state index in [-0.39, 0.29) is 17.6 Å². The van der Waals surface area contributed by atoms with E-state index >= 15 is 0 Å². The van der Waals surface area contributed by atoms with E-state index in [1.54, 1.807) is 6.07 Å². The topological polar surface area (TPSA) is 85.5 Å². The average Bonchev–Trinajstić information content (AvgIpc) is 3.16. The lowest BCUT2D eigenvalue weighted by Crippen LogP contribution is -2.56. The maximum Gasteiger partial charge on any atom is 0.282 e. The summed E-state index contributed by atoms with van der Waals surface area (Å²) in [7, 11) is -2.15. The maximum absolute atomic E-state index is 13.7. The number of carbonyl (C=O) groups is 1. The lowest BCUT2D eigenvalue weighted by atomic mass is 9.90. The Kier molecular flexibility index (Phi) is 5.63. The van der Waals surface area contributed by atoms with Crippen LogP contribution in [0.1, 0.15) is 43.6 Å². The van der Waals surface area contributed by atoms with Crippen LogP contribution < -0.4 is 5.32 Å². The predicted molar refractivity (Wildman–Crippen MR) is 109 cm³/mol. The number of H-pyrrole nitrogens is 1. The number of halogens is 1. The first kappa shape index (κ1) is 20.3. The second kappa shape index (κ2) is 8.04. The van der Waals surface area contributed by atoms with Gasteiger partial charge in [0, 0.05) is 43.8 Å². The van der Waals surface area contributed by atoms with Crippen molar-refractivity contribution in [3.05, 3.63) is 35.8 Å². The molecule has 0 spiro atoms. The molecule has 0 unspecified atom stereocenters. The number of hydrogen-bond acceptors (Lipinski definition) is 3. The van der Waals surface area contributed by atoms with Gasteiger partial charge in [0.1, 0.15) is 11.9 Å². The molecule has 0 saturated carbocycles. The van der Waals surface area contributed by atoms with Crippen LogP contribution >= 0.6 is 0 Å². The van der Waals surface area contributed by atoms with Gasteiger partial charge in [-0.05, 0) is 55.4 Å². The average molecular weight is 423 g/mol. The summed E-state index contributed by atoms with van der Waals surface area (Å²) in [5, 5.41) is 3.45. The molecule has 0 radical (unpaired) electrons. The number of rotatable bonds is 4. The monoisotopic (exact) mass is 422 g/mol. The van der Waals surface area contributed by atoms with Crippen LogP contribution in [-0.4, -0.2) is 60.6 Å². The molecule has 1 amide bonds. The minimum atomic E-state index is -3.69. The number of aromatic amines is 1. The highest BCUT2D eigenvalue weighted by molar-refractivity contribution is 7.86. The number of carbonyl (C=O) groups excluding carboxylic acids is 1. The van der Waals surface area contributed by atoms with Crippen molar-refractivity contribution >= 4 is 27.0 Å². The number of nitrogens with one attached hydrogen (secondary N) is 2. The molecule has 1 aromatic heterocycles. The summed E-state index contributed by atoms with van der Waals surface area (Å²) in [6.07, 6.45) is 5.41. The van der Waals surface area contributed by atoms with Gasteiger partial charge in [0.15, 0.2) is 0 Å². The fraction of sp³-hybridized carbons (Fsp3) is 0.550. The number of amides is 1. The van der Waals surface area contributed by atoms with Crippen molar-refractivity contribution in [1.82, 2.24) is 18.9 Å². The number of hydrogen-bond donors (Lipinski definition) is 2. The second-order valence-corrected chi connectivity index (χ2v) is 9.73. The van der Waals surface area contributed by atoms with Crippen molar-refractivity contribution in [2.24, 2.45) is 0 Å². The smallest absolute Gasteiger partial charge is 0.282 e. The summed E-state index contributed by atoms with van der Waals surface area (Å²) >= 11 is 0. The number of fused-ring (bicyclic) bond motifs is 1. The van der Waals surface area contributed by atoms with E-state index < -0.39 is 16.3 Å². The highest BCUT2D eigenvalue weighted by Crippen LogP contribution is 2.35. The van der Waals surface area contributed by atoms with E-state index in [0.717, 1.165) is 29.3 Å². The molecule has 2 N–H and O–H groups in total. The summed E-state index contributed by atoms with van der Waals surface area (Å²) in [4.78, 5) is 15.4. The molecule has 3 heterocycles. The summed E-state index contributed by atoms with van der Waals surface area (Å²) in [6, 6.07) is 4.06. The van der Waals surface area contributed by atoms with Gasteiger partial charge in [0.25, 0.3) is 10.2 Å². The van der Waals surface area contributed by atoms with Crippen LogP contribution in [0.4, 0.5) is 4.39 Å². The number of benzene rings is 1. The van der Waals surface area contributed by atoms with Crippen molar-refractivity contribution < 1.29 is 17.6 Å². The van der Waals surface area contributed by atoms with Crippen LogP contribution in [0.5, 0.6) is 0 Å². The molecule has 0 aliphatic carbocycles. The Morgan fingerprint density at radius 3 is 2.66 bits per heavy atom. The molecule has 0 bridgehead atoms. The van der Waals surface area contributed by atoms with Gasteiger partial charge in [-0.25, -0.2) is 4.39 Å². The summed E-state index contributed by atoms with van der Waals surface area (Å²) < 4.78 is 43.0. The van der Waals surface area contributed by atoms with Crippen molar-refractivity contribution in [1.29, 1.82) is 0 Å². The second-order valence-electron chi connectivity index (χ2n) is 7.85. The normalized spacial score (nSPS) is 22.8. The van der Waals surface area contributed by atoms with Crippen molar-refractivity contribution in [3.8, 4) is 0 Å². The summed E-state index contributed by atoms with van der Waals surface area (Å²) in [5.41, 5.74) is 1.93. The number of likely N-dealkylation sites (N-methyl/N-ethyl adjacent to an activating group) is 1.